The summed E-state index contributed by atoms with van der Waals surface area (Å²) in [5.41, 5.74) is 8.21. The molecule has 3 rings (SSSR count). The zero-order chi connectivity index (χ0) is 15.4. The average Bonchev–Trinajstić information content (AvgIpc) is 2.57. The van der Waals surface area contributed by atoms with Gasteiger partial charge in [-0.05, 0) is 79.9 Å². The third kappa shape index (κ3) is 3.86. The largest absolute Gasteiger partial charge is 0.399 e. The number of nitrogen functional groups attached to an aromatic ring is 1. The highest BCUT2D eigenvalue weighted by Crippen LogP contribution is 2.44. The van der Waals surface area contributed by atoms with Crippen molar-refractivity contribution in [2.45, 2.75) is 77.0 Å². The topological polar surface area (TPSA) is 26.0 Å². The predicted octanol–water partition coefficient (Wildman–Crippen LogP) is 6.15. The molecular formula is C21H33N. The van der Waals surface area contributed by atoms with Crippen molar-refractivity contribution in [1.82, 2.24) is 0 Å². The molecular weight excluding hydrogens is 266 g/mol. The van der Waals surface area contributed by atoms with Crippen molar-refractivity contribution in [3.05, 3.63) is 29.8 Å². The molecule has 0 aliphatic heterocycles. The van der Waals surface area contributed by atoms with Crippen molar-refractivity contribution in [2.24, 2.45) is 17.8 Å². The van der Waals surface area contributed by atoms with Gasteiger partial charge >= 0.3 is 0 Å². The molecule has 2 aliphatic carbocycles. The summed E-state index contributed by atoms with van der Waals surface area (Å²) in [6, 6.07) is 8.62. The molecule has 2 saturated carbocycles. The molecule has 0 atom stereocenters. The minimum absolute atomic E-state index is 0.785. The van der Waals surface area contributed by atoms with E-state index < -0.39 is 0 Å². The normalized spacial score (nSPS) is 32.8. The van der Waals surface area contributed by atoms with Crippen LogP contribution in [0.5, 0.6) is 0 Å². The molecule has 0 spiro atoms. The average molecular weight is 300 g/mol. The van der Waals surface area contributed by atoms with E-state index in [9.17, 15) is 0 Å². The summed E-state index contributed by atoms with van der Waals surface area (Å²) >= 11 is 0. The minimum Gasteiger partial charge on any atom is -0.399 e. The molecule has 2 aliphatic rings. The minimum atomic E-state index is 0.785. The molecule has 0 unspecified atom stereocenters. The lowest BCUT2D eigenvalue weighted by atomic mass is 9.68. The van der Waals surface area contributed by atoms with Crippen molar-refractivity contribution in [3.8, 4) is 0 Å². The summed E-state index contributed by atoms with van der Waals surface area (Å²) in [6.45, 7) is 2.34. The molecule has 1 aromatic carbocycles. The lowest BCUT2D eigenvalue weighted by Crippen LogP contribution is -2.25. The molecule has 0 radical (unpaired) electrons. The number of hydrogen-bond acceptors (Lipinski definition) is 1. The maximum absolute atomic E-state index is 5.81. The molecule has 122 valence electrons. The zero-order valence-electron chi connectivity index (χ0n) is 14.3. The maximum atomic E-state index is 5.81. The fourth-order valence-electron chi connectivity index (χ4n) is 5.05. The highest BCUT2D eigenvalue weighted by molar-refractivity contribution is 5.40. The van der Waals surface area contributed by atoms with E-state index >= 15 is 0 Å². The van der Waals surface area contributed by atoms with Gasteiger partial charge in [-0.3, -0.25) is 0 Å². The fraction of sp³-hybridized carbons (Fsp3) is 0.714. The molecule has 1 aromatic rings. The summed E-state index contributed by atoms with van der Waals surface area (Å²) < 4.78 is 0. The Kier molecular flexibility index (Phi) is 5.44. The predicted molar refractivity (Wildman–Crippen MR) is 95.9 cm³/mol. The van der Waals surface area contributed by atoms with Crippen molar-refractivity contribution in [3.63, 3.8) is 0 Å². The van der Waals surface area contributed by atoms with E-state index in [0.717, 1.165) is 29.4 Å². The van der Waals surface area contributed by atoms with Gasteiger partial charge in [-0.1, -0.05) is 44.7 Å². The molecule has 0 aromatic heterocycles. The number of anilines is 1. The van der Waals surface area contributed by atoms with Gasteiger partial charge in [0.15, 0.2) is 0 Å². The Morgan fingerprint density at radius 2 is 1.36 bits per heavy atom. The van der Waals surface area contributed by atoms with Gasteiger partial charge in [0.25, 0.3) is 0 Å². The number of hydrogen-bond donors (Lipinski definition) is 1. The Bertz CT molecular complexity index is 433. The molecule has 0 amide bonds. The van der Waals surface area contributed by atoms with E-state index in [1.807, 2.05) is 0 Å². The monoisotopic (exact) mass is 299 g/mol. The summed E-state index contributed by atoms with van der Waals surface area (Å²) in [5, 5.41) is 0. The first-order valence-electron chi connectivity index (χ1n) is 9.61. The summed E-state index contributed by atoms with van der Waals surface area (Å²) in [5.74, 6) is 3.90. The van der Waals surface area contributed by atoms with Crippen molar-refractivity contribution < 1.29 is 0 Å². The molecule has 0 saturated heterocycles. The Morgan fingerprint density at radius 1 is 0.818 bits per heavy atom. The molecule has 0 heterocycles. The standard InChI is InChI=1S/C21H33N/c1-2-3-16-4-6-17(7-5-16)18-8-10-19(11-9-18)20-12-14-21(22)15-13-20/h12-19H,2-11,22H2,1H3/t16?,17?,18-,19-. The van der Waals surface area contributed by atoms with Gasteiger partial charge in [0.1, 0.15) is 0 Å². The van der Waals surface area contributed by atoms with Crippen LogP contribution in [0.1, 0.15) is 82.6 Å². The van der Waals surface area contributed by atoms with E-state index in [1.54, 1.807) is 0 Å². The summed E-state index contributed by atoms with van der Waals surface area (Å²) in [6.07, 6.45) is 14.6. The SMILES string of the molecule is CCCC1CCC([C@H]2CC[C@H](c3ccc(N)cc3)CC2)CC1. The molecule has 2 fully saturated rings. The number of nitrogens with two attached hydrogens (primary N) is 1. The van der Waals surface area contributed by atoms with Crippen LogP contribution in [0, 0.1) is 17.8 Å². The van der Waals surface area contributed by atoms with Crippen LogP contribution in [-0.4, -0.2) is 0 Å². The second-order valence-electron chi connectivity index (χ2n) is 7.85. The quantitative estimate of drug-likeness (QED) is 0.663. The van der Waals surface area contributed by atoms with Gasteiger partial charge in [0.2, 0.25) is 0 Å². The molecule has 2 N–H and O–H groups in total. The van der Waals surface area contributed by atoms with E-state index in [-0.39, 0.29) is 0 Å². The second kappa shape index (κ2) is 7.53. The van der Waals surface area contributed by atoms with Crippen LogP contribution in [0.15, 0.2) is 24.3 Å². The summed E-state index contributed by atoms with van der Waals surface area (Å²) in [7, 11) is 0. The zero-order valence-corrected chi connectivity index (χ0v) is 14.3. The van der Waals surface area contributed by atoms with Crippen LogP contribution in [-0.2, 0) is 0 Å². The van der Waals surface area contributed by atoms with Gasteiger partial charge in [-0.25, -0.2) is 0 Å². The van der Waals surface area contributed by atoms with Gasteiger partial charge < -0.3 is 5.73 Å². The smallest absolute Gasteiger partial charge is 0.0314 e. The van der Waals surface area contributed by atoms with Crippen LogP contribution in [0.4, 0.5) is 5.69 Å². The van der Waals surface area contributed by atoms with Crippen LogP contribution in [0.25, 0.3) is 0 Å². The molecule has 1 heteroatoms. The lowest BCUT2D eigenvalue weighted by Gasteiger charge is -2.38. The molecule has 22 heavy (non-hydrogen) atoms. The maximum Gasteiger partial charge on any atom is 0.0314 e. The van der Waals surface area contributed by atoms with Crippen molar-refractivity contribution in [2.75, 3.05) is 5.73 Å². The highest BCUT2D eigenvalue weighted by atomic mass is 14.5. The number of benzene rings is 1. The first kappa shape index (κ1) is 15.9. The van der Waals surface area contributed by atoms with E-state index in [4.69, 9.17) is 5.73 Å². The molecule has 1 nitrogen and oxygen atoms in total. The Labute approximate surface area is 136 Å². The first-order valence-corrected chi connectivity index (χ1v) is 9.61. The van der Waals surface area contributed by atoms with Crippen LogP contribution in [0.3, 0.4) is 0 Å². The van der Waals surface area contributed by atoms with E-state index in [1.165, 1.54) is 69.8 Å². The third-order valence-electron chi connectivity index (χ3n) is 6.43. The third-order valence-corrected chi connectivity index (χ3v) is 6.43. The Morgan fingerprint density at radius 3 is 1.91 bits per heavy atom. The van der Waals surface area contributed by atoms with Crippen molar-refractivity contribution >= 4 is 5.69 Å². The lowest BCUT2D eigenvalue weighted by molar-refractivity contribution is 0.156. The van der Waals surface area contributed by atoms with Crippen LogP contribution < -0.4 is 5.73 Å². The van der Waals surface area contributed by atoms with Gasteiger partial charge in [0, 0.05) is 5.69 Å². The van der Waals surface area contributed by atoms with Crippen LogP contribution >= 0.6 is 0 Å². The Balaban J connectivity index is 1.47. The second-order valence-corrected chi connectivity index (χ2v) is 7.85. The molecule has 0 bridgehead atoms. The van der Waals surface area contributed by atoms with Gasteiger partial charge in [-0.15, -0.1) is 0 Å². The first-order chi connectivity index (χ1) is 10.8. The number of rotatable bonds is 4. The van der Waals surface area contributed by atoms with Crippen LogP contribution in [0.2, 0.25) is 0 Å². The Hall–Kier alpha value is -0.980. The highest BCUT2D eigenvalue weighted by Gasteiger charge is 2.30. The van der Waals surface area contributed by atoms with Gasteiger partial charge in [0.05, 0.1) is 0 Å². The fourth-order valence-corrected chi connectivity index (χ4v) is 5.05. The van der Waals surface area contributed by atoms with E-state index in [0.29, 0.717) is 0 Å². The van der Waals surface area contributed by atoms with Crippen molar-refractivity contribution in [1.29, 1.82) is 0 Å². The summed E-state index contributed by atoms with van der Waals surface area (Å²) in [4.78, 5) is 0. The van der Waals surface area contributed by atoms with E-state index in [2.05, 4.69) is 31.2 Å². The van der Waals surface area contributed by atoms with Gasteiger partial charge in [-0.2, -0.15) is 0 Å².